The molecular formula is C28H40N4O4. The maximum absolute atomic E-state index is 13.3. The molecule has 8 nitrogen and oxygen atoms in total. The number of benzene rings is 2. The molecule has 2 atom stereocenters. The lowest BCUT2D eigenvalue weighted by atomic mass is 9.95. The molecule has 0 spiro atoms. The number of unbranched alkanes of at least 4 members (excludes halogenated alkanes) is 1. The van der Waals surface area contributed by atoms with Gasteiger partial charge in [0.2, 0.25) is 11.8 Å². The van der Waals surface area contributed by atoms with Crippen LogP contribution >= 0.6 is 0 Å². The number of primary amides is 1. The zero-order valence-electron chi connectivity index (χ0n) is 21.9. The third kappa shape index (κ3) is 8.68. The van der Waals surface area contributed by atoms with E-state index in [-0.39, 0.29) is 5.91 Å². The van der Waals surface area contributed by atoms with Gasteiger partial charge in [-0.15, -0.1) is 0 Å². The highest BCUT2D eigenvalue weighted by molar-refractivity contribution is 5.89. The Morgan fingerprint density at radius 3 is 2.28 bits per heavy atom. The van der Waals surface area contributed by atoms with Crippen molar-refractivity contribution in [1.82, 2.24) is 10.2 Å². The molecule has 2 aromatic carbocycles. The zero-order chi connectivity index (χ0) is 26.7. The van der Waals surface area contributed by atoms with Gasteiger partial charge >= 0.3 is 6.09 Å². The number of nitrogens with zero attached hydrogens (tertiary/aromatic N) is 1. The summed E-state index contributed by atoms with van der Waals surface area (Å²) in [5.41, 5.74) is 15.7. The third-order valence-electron chi connectivity index (χ3n) is 6.29. The van der Waals surface area contributed by atoms with Crippen LogP contribution in [0.15, 0.2) is 42.5 Å². The van der Waals surface area contributed by atoms with Crippen molar-refractivity contribution in [2.45, 2.75) is 71.9 Å². The van der Waals surface area contributed by atoms with E-state index in [0.717, 1.165) is 41.5 Å². The lowest BCUT2D eigenvalue weighted by Crippen LogP contribution is -2.53. The van der Waals surface area contributed by atoms with Gasteiger partial charge in [-0.25, -0.2) is 4.79 Å². The van der Waals surface area contributed by atoms with Crippen molar-refractivity contribution >= 4 is 17.9 Å². The molecule has 0 aliphatic heterocycles. The number of aryl methyl sites for hydroxylation is 3. The fourth-order valence-electron chi connectivity index (χ4n) is 4.11. The van der Waals surface area contributed by atoms with Crippen LogP contribution < -0.4 is 21.5 Å². The molecule has 8 heteroatoms. The maximum Gasteiger partial charge on any atom is 0.412 e. The van der Waals surface area contributed by atoms with Crippen LogP contribution in [-0.2, 0) is 22.4 Å². The predicted octanol–water partition coefficient (Wildman–Crippen LogP) is 3.40. The van der Waals surface area contributed by atoms with Crippen molar-refractivity contribution in [2.75, 3.05) is 13.1 Å². The molecule has 0 saturated heterocycles. The summed E-state index contributed by atoms with van der Waals surface area (Å²) in [4.78, 5) is 38.7. The molecule has 0 radical (unpaired) electrons. The average Bonchev–Trinajstić information content (AvgIpc) is 2.84. The number of hydrogen-bond donors (Lipinski definition) is 3. The molecule has 0 aliphatic rings. The van der Waals surface area contributed by atoms with Gasteiger partial charge in [-0.2, -0.15) is 0 Å². The van der Waals surface area contributed by atoms with Gasteiger partial charge in [0.05, 0.1) is 6.04 Å². The van der Waals surface area contributed by atoms with Crippen LogP contribution in [-0.4, -0.2) is 48.0 Å². The number of nitrogens with one attached hydrogen (secondary N) is 1. The summed E-state index contributed by atoms with van der Waals surface area (Å²) < 4.78 is 5.40. The Bertz CT molecular complexity index is 1000. The van der Waals surface area contributed by atoms with E-state index in [1.54, 1.807) is 19.1 Å². The topological polar surface area (TPSA) is 128 Å². The van der Waals surface area contributed by atoms with Gasteiger partial charge < -0.3 is 26.4 Å². The van der Waals surface area contributed by atoms with Crippen LogP contribution in [0.5, 0.6) is 5.75 Å². The summed E-state index contributed by atoms with van der Waals surface area (Å²) in [6.45, 7) is 8.41. The second-order valence-electron chi connectivity index (χ2n) is 9.22. The quantitative estimate of drug-likeness (QED) is 0.366. The Morgan fingerprint density at radius 2 is 1.69 bits per heavy atom. The van der Waals surface area contributed by atoms with Gasteiger partial charge in [-0.05, 0) is 80.8 Å². The minimum absolute atomic E-state index is 0.292. The molecule has 0 bridgehead atoms. The molecule has 2 rings (SSSR count). The monoisotopic (exact) mass is 496 g/mol. The van der Waals surface area contributed by atoms with Crippen molar-refractivity contribution in [3.05, 3.63) is 64.7 Å². The van der Waals surface area contributed by atoms with Crippen molar-refractivity contribution in [1.29, 1.82) is 0 Å². The van der Waals surface area contributed by atoms with Gasteiger partial charge in [0.15, 0.2) is 0 Å². The van der Waals surface area contributed by atoms with E-state index in [4.69, 9.17) is 16.2 Å². The Hall–Kier alpha value is -3.39. The fourth-order valence-corrected chi connectivity index (χ4v) is 4.11. The molecular weight excluding hydrogens is 456 g/mol. The van der Waals surface area contributed by atoms with Crippen molar-refractivity contribution in [3.8, 4) is 5.75 Å². The van der Waals surface area contributed by atoms with Gasteiger partial charge in [0.25, 0.3) is 0 Å². The maximum atomic E-state index is 13.3. The number of amides is 3. The molecule has 0 heterocycles. The van der Waals surface area contributed by atoms with Crippen molar-refractivity contribution in [3.63, 3.8) is 0 Å². The van der Waals surface area contributed by atoms with E-state index in [1.165, 1.54) is 4.90 Å². The van der Waals surface area contributed by atoms with Crippen LogP contribution in [0.2, 0.25) is 0 Å². The Labute approximate surface area is 214 Å². The molecule has 5 N–H and O–H groups in total. The standard InChI is InChI=1S/C28H40N4O4/c1-5-6-14-31-28(35)36-23-16-19(2)24(20(3)17-23)18-25(29)27(34)32(21(4)26(30)33)15-10-13-22-11-8-7-9-12-22/h7-9,11-12,16-17,21,25H,5-6,10,13-15,18,29H2,1-4H3,(H2,30,33)(H,31,35)/t21-,25-/m1/s1. The van der Waals surface area contributed by atoms with Crippen LogP contribution in [0.3, 0.4) is 0 Å². The number of nitrogens with two attached hydrogens (primary N) is 2. The first-order valence-corrected chi connectivity index (χ1v) is 12.6. The highest BCUT2D eigenvalue weighted by Crippen LogP contribution is 2.24. The molecule has 36 heavy (non-hydrogen) atoms. The number of carbonyl (C=O) groups excluding carboxylic acids is 3. The molecule has 0 aromatic heterocycles. The molecule has 196 valence electrons. The average molecular weight is 497 g/mol. The molecule has 3 amide bonds. The zero-order valence-corrected chi connectivity index (χ0v) is 21.9. The number of hydrogen-bond acceptors (Lipinski definition) is 5. The minimum atomic E-state index is -0.843. The number of carbonyl (C=O) groups is 3. The summed E-state index contributed by atoms with van der Waals surface area (Å²) >= 11 is 0. The van der Waals surface area contributed by atoms with E-state index >= 15 is 0 Å². The first-order valence-electron chi connectivity index (χ1n) is 12.6. The van der Waals surface area contributed by atoms with Gasteiger partial charge in [-0.3, -0.25) is 9.59 Å². The van der Waals surface area contributed by atoms with Gasteiger partial charge in [-0.1, -0.05) is 43.7 Å². The lowest BCUT2D eigenvalue weighted by molar-refractivity contribution is -0.139. The molecule has 0 saturated carbocycles. The van der Waals surface area contributed by atoms with Crippen molar-refractivity contribution < 1.29 is 19.1 Å². The first-order chi connectivity index (χ1) is 17.1. The summed E-state index contributed by atoms with van der Waals surface area (Å²) in [5, 5.41) is 2.72. The smallest absolute Gasteiger partial charge is 0.410 e. The fraction of sp³-hybridized carbons (Fsp3) is 0.464. The largest absolute Gasteiger partial charge is 0.412 e. The highest BCUT2D eigenvalue weighted by atomic mass is 16.6. The van der Waals surface area contributed by atoms with Gasteiger partial charge in [0, 0.05) is 13.1 Å². The summed E-state index contributed by atoms with van der Waals surface area (Å²) in [7, 11) is 0. The highest BCUT2D eigenvalue weighted by Gasteiger charge is 2.28. The summed E-state index contributed by atoms with van der Waals surface area (Å²) in [5.74, 6) is -0.447. The normalized spacial score (nSPS) is 12.5. The first kappa shape index (κ1) is 28.8. The Kier molecular flexibility index (Phi) is 11.4. The number of ether oxygens (including phenoxy) is 1. The Balaban J connectivity index is 2.07. The number of rotatable bonds is 13. The lowest BCUT2D eigenvalue weighted by Gasteiger charge is -2.30. The van der Waals surface area contributed by atoms with Gasteiger partial charge in [0.1, 0.15) is 11.8 Å². The van der Waals surface area contributed by atoms with Crippen LogP contribution in [0.25, 0.3) is 0 Å². The summed E-state index contributed by atoms with van der Waals surface area (Å²) in [6.07, 6.45) is 3.13. The molecule has 2 aromatic rings. The summed E-state index contributed by atoms with van der Waals surface area (Å²) in [6, 6.07) is 11.9. The third-order valence-corrected chi connectivity index (χ3v) is 6.29. The predicted molar refractivity (Wildman–Crippen MR) is 142 cm³/mol. The van der Waals surface area contributed by atoms with Crippen molar-refractivity contribution in [2.24, 2.45) is 11.5 Å². The second-order valence-corrected chi connectivity index (χ2v) is 9.22. The second kappa shape index (κ2) is 14.2. The molecule has 0 aliphatic carbocycles. The van der Waals surface area contributed by atoms with E-state index in [1.807, 2.05) is 51.1 Å². The van der Waals surface area contributed by atoms with E-state index in [9.17, 15) is 14.4 Å². The van der Waals surface area contributed by atoms with Crippen LogP contribution in [0.4, 0.5) is 4.79 Å². The SMILES string of the molecule is CCCCNC(=O)Oc1cc(C)c(C[C@@H](N)C(=O)N(CCCc2ccccc2)[C@H](C)C(N)=O)c(C)c1. The molecule has 0 fully saturated rings. The van der Waals surface area contributed by atoms with E-state index in [2.05, 4.69) is 5.32 Å². The van der Waals surface area contributed by atoms with E-state index in [0.29, 0.717) is 31.7 Å². The van der Waals surface area contributed by atoms with E-state index < -0.39 is 24.1 Å². The van der Waals surface area contributed by atoms with Crippen LogP contribution in [0, 0.1) is 13.8 Å². The van der Waals surface area contributed by atoms with Crippen LogP contribution in [0.1, 0.15) is 55.4 Å². The Morgan fingerprint density at radius 1 is 1.06 bits per heavy atom. The minimum Gasteiger partial charge on any atom is -0.410 e. The molecule has 0 unspecified atom stereocenters.